The molecule has 4 rings (SSSR count). The van der Waals surface area contributed by atoms with Crippen LogP contribution in [0.3, 0.4) is 0 Å². The van der Waals surface area contributed by atoms with Crippen LogP contribution in [0.15, 0.2) is 65.1 Å². The second kappa shape index (κ2) is 4.38. The maximum Gasteiger partial charge on any atom is 0.143 e. The van der Waals surface area contributed by atoms with E-state index < -0.39 is 0 Å². The van der Waals surface area contributed by atoms with Crippen LogP contribution in [0.25, 0.3) is 33.1 Å². The molecule has 0 unspecified atom stereocenters. The van der Waals surface area contributed by atoms with Crippen LogP contribution >= 0.6 is 0 Å². The zero-order valence-electron chi connectivity index (χ0n) is 11.8. The molecule has 0 amide bonds. The van der Waals surface area contributed by atoms with Crippen LogP contribution in [0.2, 0.25) is 0 Å². The molecular weight excluding hydrogens is 258 g/mol. The Hall–Kier alpha value is -2.74. The third kappa shape index (κ3) is 1.80. The third-order valence-electron chi connectivity index (χ3n) is 3.99. The third-order valence-corrected chi connectivity index (χ3v) is 3.99. The first-order valence-corrected chi connectivity index (χ1v) is 7.01. The number of para-hydroxylation sites is 2. The van der Waals surface area contributed by atoms with E-state index in [-0.39, 0.29) is 0 Å². The Balaban J connectivity index is 2.06. The highest BCUT2D eigenvalue weighted by molar-refractivity contribution is 6.09. The van der Waals surface area contributed by atoms with Crippen molar-refractivity contribution in [3.8, 4) is 11.1 Å². The number of aryl methyl sites for hydroxylation is 1. The predicted octanol–water partition coefficient (Wildman–Crippen LogP) is 5.14. The minimum absolute atomic E-state index is 0.815. The van der Waals surface area contributed by atoms with Crippen LogP contribution in [-0.4, -0.2) is 0 Å². The average molecular weight is 273 g/mol. The highest BCUT2D eigenvalue weighted by Gasteiger charge is 2.11. The van der Waals surface area contributed by atoms with Crippen molar-refractivity contribution in [1.29, 1.82) is 0 Å². The molecule has 2 heteroatoms. The van der Waals surface area contributed by atoms with E-state index in [0.717, 1.165) is 44.3 Å². The molecule has 1 heterocycles. The second-order valence-corrected chi connectivity index (χ2v) is 5.35. The smallest absolute Gasteiger partial charge is 0.143 e. The van der Waals surface area contributed by atoms with Gasteiger partial charge in [-0.3, -0.25) is 0 Å². The maximum atomic E-state index is 6.08. The standard InChI is InChI=1S/C19H15NO/c1-12-11-13(9-10-17(12)20)14-6-4-7-16-15-5-2-3-8-18(15)21-19(14)16/h2-11H,20H2,1H3. The number of hydrogen-bond donors (Lipinski definition) is 1. The molecule has 21 heavy (non-hydrogen) atoms. The summed E-state index contributed by atoms with van der Waals surface area (Å²) in [7, 11) is 0. The largest absolute Gasteiger partial charge is 0.455 e. The summed E-state index contributed by atoms with van der Waals surface area (Å²) in [5, 5.41) is 2.30. The van der Waals surface area contributed by atoms with E-state index in [1.807, 2.05) is 37.3 Å². The molecular formula is C19H15NO. The molecule has 102 valence electrons. The fourth-order valence-corrected chi connectivity index (χ4v) is 2.82. The van der Waals surface area contributed by atoms with Crippen LogP contribution in [0, 0.1) is 6.92 Å². The molecule has 1 aromatic heterocycles. The Labute approximate surface area is 122 Å². The Bertz CT molecular complexity index is 966. The van der Waals surface area contributed by atoms with Crippen molar-refractivity contribution in [2.24, 2.45) is 0 Å². The van der Waals surface area contributed by atoms with Gasteiger partial charge >= 0.3 is 0 Å². The van der Waals surface area contributed by atoms with Crippen molar-refractivity contribution in [2.75, 3.05) is 5.73 Å². The van der Waals surface area contributed by atoms with Gasteiger partial charge in [0.1, 0.15) is 11.2 Å². The van der Waals surface area contributed by atoms with Gasteiger partial charge in [0.25, 0.3) is 0 Å². The van der Waals surface area contributed by atoms with E-state index in [2.05, 4.69) is 30.3 Å². The minimum atomic E-state index is 0.815. The van der Waals surface area contributed by atoms with Crippen molar-refractivity contribution in [1.82, 2.24) is 0 Å². The first kappa shape index (κ1) is 12.0. The lowest BCUT2D eigenvalue weighted by Crippen LogP contribution is -1.89. The molecule has 0 fully saturated rings. The van der Waals surface area contributed by atoms with E-state index >= 15 is 0 Å². The van der Waals surface area contributed by atoms with E-state index in [9.17, 15) is 0 Å². The molecule has 3 aromatic carbocycles. The molecule has 4 aromatic rings. The first-order valence-electron chi connectivity index (χ1n) is 7.01. The van der Waals surface area contributed by atoms with Crippen LogP contribution in [-0.2, 0) is 0 Å². The first-order chi connectivity index (χ1) is 10.2. The molecule has 0 bridgehead atoms. The molecule has 0 radical (unpaired) electrons. The Morgan fingerprint density at radius 2 is 1.67 bits per heavy atom. The van der Waals surface area contributed by atoms with E-state index in [4.69, 9.17) is 10.2 Å². The minimum Gasteiger partial charge on any atom is -0.455 e. The molecule has 0 spiro atoms. The topological polar surface area (TPSA) is 39.2 Å². The molecule has 0 saturated carbocycles. The average Bonchev–Trinajstić information content (AvgIpc) is 2.89. The van der Waals surface area contributed by atoms with Gasteiger partial charge in [0.2, 0.25) is 0 Å². The number of nitrogens with two attached hydrogens (primary N) is 1. The lowest BCUT2D eigenvalue weighted by atomic mass is 10.00. The fraction of sp³-hybridized carbons (Fsp3) is 0.0526. The van der Waals surface area contributed by atoms with E-state index in [1.54, 1.807) is 0 Å². The Morgan fingerprint density at radius 3 is 2.52 bits per heavy atom. The maximum absolute atomic E-state index is 6.08. The number of nitrogen functional groups attached to an aromatic ring is 1. The van der Waals surface area contributed by atoms with Gasteiger partial charge < -0.3 is 10.2 Å². The molecule has 0 atom stereocenters. The van der Waals surface area contributed by atoms with Crippen LogP contribution in [0.4, 0.5) is 5.69 Å². The lowest BCUT2D eigenvalue weighted by Gasteiger charge is -2.06. The summed E-state index contributed by atoms with van der Waals surface area (Å²) in [6, 6.07) is 20.5. The molecule has 2 nitrogen and oxygen atoms in total. The van der Waals surface area contributed by atoms with Crippen LogP contribution in [0.1, 0.15) is 5.56 Å². The van der Waals surface area contributed by atoms with Gasteiger partial charge in [-0.2, -0.15) is 0 Å². The van der Waals surface area contributed by atoms with Gasteiger partial charge in [0.05, 0.1) is 0 Å². The number of anilines is 1. The normalized spacial score (nSPS) is 11.3. The number of benzene rings is 3. The Morgan fingerprint density at radius 1 is 0.857 bits per heavy atom. The molecule has 0 aliphatic heterocycles. The number of hydrogen-bond acceptors (Lipinski definition) is 2. The number of fused-ring (bicyclic) bond motifs is 3. The Kier molecular flexibility index (Phi) is 2.51. The van der Waals surface area contributed by atoms with Gasteiger partial charge in [-0.05, 0) is 36.2 Å². The summed E-state index contributed by atoms with van der Waals surface area (Å²) in [5.41, 5.74) is 11.9. The summed E-state index contributed by atoms with van der Waals surface area (Å²) >= 11 is 0. The molecule has 0 saturated heterocycles. The summed E-state index contributed by atoms with van der Waals surface area (Å²) < 4.78 is 6.08. The number of furan rings is 1. The zero-order chi connectivity index (χ0) is 14.4. The van der Waals surface area contributed by atoms with Crippen molar-refractivity contribution < 1.29 is 4.42 Å². The summed E-state index contributed by atoms with van der Waals surface area (Å²) in [6.07, 6.45) is 0. The van der Waals surface area contributed by atoms with Crippen LogP contribution < -0.4 is 5.73 Å². The summed E-state index contributed by atoms with van der Waals surface area (Å²) in [6.45, 7) is 2.03. The summed E-state index contributed by atoms with van der Waals surface area (Å²) in [4.78, 5) is 0. The van der Waals surface area contributed by atoms with Crippen molar-refractivity contribution >= 4 is 27.6 Å². The zero-order valence-corrected chi connectivity index (χ0v) is 11.8. The van der Waals surface area contributed by atoms with E-state index in [0.29, 0.717) is 0 Å². The second-order valence-electron chi connectivity index (χ2n) is 5.35. The molecule has 2 N–H and O–H groups in total. The lowest BCUT2D eigenvalue weighted by molar-refractivity contribution is 0.670. The highest BCUT2D eigenvalue weighted by atomic mass is 16.3. The quantitative estimate of drug-likeness (QED) is 0.487. The molecule has 0 aliphatic carbocycles. The molecule has 0 aliphatic rings. The van der Waals surface area contributed by atoms with Crippen molar-refractivity contribution in [3.63, 3.8) is 0 Å². The van der Waals surface area contributed by atoms with E-state index in [1.165, 1.54) is 0 Å². The van der Waals surface area contributed by atoms with Gasteiger partial charge in [-0.1, -0.05) is 42.5 Å². The highest BCUT2D eigenvalue weighted by Crippen LogP contribution is 2.36. The number of rotatable bonds is 1. The van der Waals surface area contributed by atoms with Crippen molar-refractivity contribution in [2.45, 2.75) is 6.92 Å². The predicted molar refractivity (Wildman–Crippen MR) is 88.3 cm³/mol. The van der Waals surface area contributed by atoms with Gasteiger partial charge in [-0.25, -0.2) is 0 Å². The fourth-order valence-electron chi connectivity index (χ4n) is 2.82. The van der Waals surface area contributed by atoms with Gasteiger partial charge in [-0.15, -0.1) is 0 Å². The van der Waals surface area contributed by atoms with Crippen LogP contribution in [0.5, 0.6) is 0 Å². The summed E-state index contributed by atoms with van der Waals surface area (Å²) in [5.74, 6) is 0. The van der Waals surface area contributed by atoms with Gasteiger partial charge in [0.15, 0.2) is 0 Å². The van der Waals surface area contributed by atoms with Crippen molar-refractivity contribution in [3.05, 3.63) is 66.2 Å². The monoisotopic (exact) mass is 273 g/mol. The SMILES string of the molecule is Cc1cc(-c2cccc3c2oc2ccccc23)ccc1N. The van der Waals surface area contributed by atoms with Gasteiger partial charge in [0, 0.05) is 22.0 Å².